The Morgan fingerprint density at radius 3 is 2.50 bits per heavy atom. The van der Waals surface area contributed by atoms with Crippen molar-refractivity contribution < 1.29 is 19.4 Å². The number of rotatable bonds is 3. The Morgan fingerprint density at radius 2 is 2.00 bits per heavy atom. The minimum atomic E-state index is -1.37. The van der Waals surface area contributed by atoms with Gasteiger partial charge in [0, 0.05) is 5.69 Å². The number of carboxylic acids is 1. The van der Waals surface area contributed by atoms with Gasteiger partial charge in [-0.3, -0.25) is 0 Å². The van der Waals surface area contributed by atoms with Crippen LogP contribution in [-0.2, 0) is 4.74 Å². The number of carboxylic acid groups (broad SMARTS) is 1. The summed E-state index contributed by atoms with van der Waals surface area (Å²) in [4.78, 5) is 22.3. The second-order valence-electron chi connectivity index (χ2n) is 2.74. The summed E-state index contributed by atoms with van der Waals surface area (Å²) in [5.41, 5.74) is 4.87. The Morgan fingerprint density at radius 1 is 1.38 bits per heavy atom. The maximum atomic E-state index is 11.4. The minimum Gasteiger partial charge on any atom is -0.478 e. The number of ether oxygens (including phenoxy) is 1. The number of hydrogen-bond donors (Lipinski definition) is 2. The highest BCUT2D eigenvalue weighted by molar-refractivity contribution is 6.43. The number of carbonyl (C=O) groups excluding carboxylic acids is 1. The number of aromatic carboxylic acids is 1. The largest absolute Gasteiger partial charge is 0.478 e. The van der Waals surface area contributed by atoms with Gasteiger partial charge in [-0.25, -0.2) is 9.59 Å². The van der Waals surface area contributed by atoms with Crippen LogP contribution in [0.25, 0.3) is 0 Å². The molecule has 0 heterocycles. The first kappa shape index (κ1) is 12.6. The highest BCUT2D eigenvalue weighted by Gasteiger charge is 2.21. The van der Waals surface area contributed by atoms with Crippen LogP contribution in [-0.4, -0.2) is 22.1 Å². The van der Waals surface area contributed by atoms with E-state index in [2.05, 4.69) is 4.74 Å². The van der Waals surface area contributed by atoms with Gasteiger partial charge in [-0.15, -0.1) is 0 Å². The molecule has 0 atom stereocenters. The molecule has 1 rings (SSSR count). The van der Waals surface area contributed by atoms with E-state index < -0.39 is 17.0 Å². The van der Waals surface area contributed by atoms with Crippen molar-refractivity contribution in [3.8, 4) is 0 Å². The summed E-state index contributed by atoms with van der Waals surface area (Å²) in [5, 5.41) is 7.51. The molecule has 0 bridgehead atoms. The molecule has 16 heavy (non-hydrogen) atoms. The molecule has 0 amide bonds. The Hall–Kier alpha value is -1.46. The topological polar surface area (TPSA) is 89.6 Å². The number of nitrogens with two attached hydrogens (primary N) is 1. The number of esters is 1. The van der Waals surface area contributed by atoms with Gasteiger partial charge in [0.05, 0.1) is 11.1 Å². The normalized spacial score (nSPS) is 10.2. The van der Waals surface area contributed by atoms with Crippen molar-refractivity contribution in [1.82, 2.24) is 0 Å². The molecule has 3 N–H and O–H groups in total. The van der Waals surface area contributed by atoms with Crippen LogP contribution in [0.4, 0.5) is 5.69 Å². The fraction of sp³-hybridized carbons (Fsp3) is 0.111. The summed E-state index contributed by atoms with van der Waals surface area (Å²) in [7, 11) is 0. The van der Waals surface area contributed by atoms with Gasteiger partial charge in [0.15, 0.2) is 0 Å². The average Bonchev–Trinajstić information content (AvgIpc) is 2.15. The molecule has 0 unspecified atom stereocenters. The Balaban J connectivity index is 3.18. The van der Waals surface area contributed by atoms with Gasteiger partial charge < -0.3 is 15.6 Å². The Labute approximate surface area is 101 Å². The first-order valence-corrected chi connectivity index (χ1v) is 4.91. The molecule has 0 aliphatic heterocycles. The van der Waals surface area contributed by atoms with E-state index in [-0.39, 0.29) is 16.8 Å². The van der Waals surface area contributed by atoms with Crippen molar-refractivity contribution >= 4 is 40.8 Å². The van der Waals surface area contributed by atoms with Crippen molar-refractivity contribution in [3.05, 3.63) is 29.3 Å². The summed E-state index contributed by atoms with van der Waals surface area (Å²) in [6, 6.07) is 4.05. The van der Waals surface area contributed by atoms with E-state index in [1.54, 1.807) is 0 Å². The van der Waals surface area contributed by atoms with Gasteiger partial charge in [0.1, 0.15) is 0 Å². The highest BCUT2D eigenvalue weighted by Crippen LogP contribution is 2.19. The fourth-order valence-electron chi connectivity index (χ4n) is 1.12. The van der Waals surface area contributed by atoms with Crippen LogP contribution < -0.4 is 5.73 Å². The van der Waals surface area contributed by atoms with Crippen LogP contribution in [0.15, 0.2) is 18.2 Å². The zero-order valence-electron chi connectivity index (χ0n) is 7.81. The van der Waals surface area contributed by atoms with Crippen molar-refractivity contribution in [2.45, 2.75) is 5.02 Å². The Kier molecular flexibility index (Phi) is 3.98. The number of nitrogen functional groups attached to an aromatic ring is 1. The van der Waals surface area contributed by atoms with E-state index in [0.717, 1.165) is 0 Å². The van der Waals surface area contributed by atoms with Crippen LogP contribution in [0, 0.1) is 0 Å². The molecule has 0 radical (unpaired) electrons. The molecule has 0 aliphatic rings. The number of alkyl halides is 2. The lowest BCUT2D eigenvalue weighted by molar-refractivity contribution is 0.0524. The zero-order chi connectivity index (χ0) is 12.3. The van der Waals surface area contributed by atoms with E-state index in [1.807, 2.05) is 0 Å². The van der Waals surface area contributed by atoms with Crippen molar-refractivity contribution in [3.63, 3.8) is 0 Å². The summed E-state index contributed by atoms with van der Waals surface area (Å²) in [6.07, 6.45) is 0. The van der Waals surface area contributed by atoms with Gasteiger partial charge in [0.25, 0.3) is 5.02 Å². The molecule has 0 aliphatic carbocycles. The molecular formula is C9H7Cl2NO4. The minimum absolute atomic E-state index is 0.0392. The van der Waals surface area contributed by atoms with Gasteiger partial charge in [-0.2, -0.15) is 0 Å². The first-order chi connectivity index (χ1) is 7.43. The van der Waals surface area contributed by atoms with Gasteiger partial charge in [-0.05, 0) is 12.1 Å². The number of anilines is 1. The third-order valence-electron chi connectivity index (χ3n) is 1.73. The summed E-state index contributed by atoms with van der Waals surface area (Å²) in [5.74, 6) is -2.27. The Bertz CT molecular complexity index is 434. The second kappa shape index (κ2) is 5.05. The number of hydrogen-bond acceptors (Lipinski definition) is 4. The molecule has 0 aromatic heterocycles. The molecule has 1 aromatic rings. The molecule has 0 saturated carbocycles. The number of carbonyl (C=O) groups is 2. The van der Waals surface area contributed by atoms with E-state index in [4.69, 9.17) is 34.0 Å². The quantitative estimate of drug-likeness (QED) is 0.494. The van der Waals surface area contributed by atoms with E-state index in [1.165, 1.54) is 18.2 Å². The lowest BCUT2D eigenvalue weighted by atomic mass is 10.1. The van der Waals surface area contributed by atoms with E-state index >= 15 is 0 Å². The predicted octanol–water partition coefficient (Wildman–Crippen LogP) is 1.89. The summed E-state index contributed by atoms with van der Waals surface area (Å²) in [6.45, 7) is 0. The fourth-order valence-corrected chi connectivity index (χ4v) is 1.29. The molecule has 86 valence electrons. The van der Waals surface area contributed by atoms with Crippen LogP contribution in [0.5, 0.6) is 0 Å². The lowest BCUT2D eigenvalue weighted by Crippen LogP contribution is -2.15. The van der Waals surface area contributed by atoms with E-state index in [9.17, 15) is 9.59 Å². The standard InChI is InChI=1S/C9H7Cl2NO4/c10-9(11)16-8(15)4-2-1-3-5(12)6(4)7(13)14/h1-3,9H,12H2,(H,13,14). The zero-order valence-corrected chi connectivity index (χ0v) is 9.33. The monoisotopic (exact) mass is 263 g/mol. The van der Waals surface area contributed by atoms with Crippen molar-refractivity contribution in [2.75, 3.05) is 5.73 Å². The third-order valence-corrected chi connectivity index (χ3v) is 1.90. The smallest absolute Gasteiger partial charge is 0.341 e. The predicted molar refractivity (Wildman–Crippen MR) is 58.7 cm³/mol. The third kappa shape index (κ3) is 2.77. The molecule has 1 aromatic carbocycles. The molecule has 0 fully saturated rings. The highest BCUT2D eigenvalue weighted by atomic mass is 35.5. The van der Waals surface area contributed by atoms with Crippen LogP contribution >= 0.6 is 23.2 Å². The average molecular weight is 264 g/mol. The maximum absolute atomic E-state index is 11.4. The van der Waals surface area contributed by atoms with Crippen LogP contribution in [0.2, 0.25) is 0 Å². The van der Waals surface area contributed by atoms with Crippen molar-refractivity contribution in [1.29, 1.82) is 0 Å². The lowest BCUT2D eigenvalue weighted by Gasteiger charge is -2.08. The molecule has 0 spiro atoms. The molecular weight excluding hydrogens is 257 g/mol. The van der Waals surface area contributed by atoms with Crippen LogP contribution in [0.1, 0.15) is 20.7 Å². The maximum Gasteiger partial charge on any atom is 0.341 e. The van der Waals surface area contributed by atoms with E-state index in [0.29, 0.717) is 0 Å². The van der Waals surface area contributed by atoms with Gasteiger partial charge in [0.2, 0.25) is 0 Å². The van der Waals surface area contributed by atoms with Gasteiger partial charge >= 0.3 is 11.9 Å². The van der Waals surface area contributed by atoms with Crippen molar-refractivity contribution in [2.24, 2.45) is 0 Å². The number of benzene rings is 1. The molecule has 0 saturated heterocycles. The van der Waals surface area contributed by atoms with Crippen LogP contribution in [0.3, 0.4) is 0 Å². The summed E-state index contributed by atoms with van der Waals surface area (Å²) < 4.78 is 4.46. The SMILES string of the molecule is Nc1cccc(C(=O)OC(Cl)Cl)c1C(=O)O. The first-order valence-electron chi connectivity index (χ1n) is 4.04. The molecule has 7 heteroatoms. The molecule has 5 nitrogen and oxygen atoms in total. The number of halogens is 2. The summed E-state index contributed by atoms with van der Waals surface area (Å²) >= 11 is 10.5. The van der Waals surface area contributed by atoms with Gasteiger partial charge in [-0.1, -0.05) is 29.3 Å². The second-order valence-corrected chi connectivity index (χ2v) is 3.76.